The Morgan fingerprint density at radius 1 is 1.23 bits per heavy atom. The lowest BCUT2D eigenvalue weighted by atomic mass is 9.71. The molecule has 0 unspecified atom stereocenters. The first-order valence-electron chi connectivity index (χ1n) is 9.29. The molecule has 1 aromatic carbocycles. The second-order valence-corrected chi connectivity index (χ2v) is 7.24. The Bertz CT molecular complexity index is 727. The molecule has 5 heteroatoms. The quantitative estimate of drug-likeness (QED) is 0.796. The smallest absolute Gasteiger partial charge is 0.312 e. The Kier molecular flexibility index (Phi) is 5.79. The van der Waals surface area contributed by atoms with Gasteiger partial charge in [-0.1, -0.05) is 37.3 Å². The van der Waals surface area contributed by atoms with E-state index in [-0.39, 0.29) is 0 Å². The van der Waals surface area contributed by atoms with E-state index in [0.29, 0.717) is 32.5 Å². The van der Waals surface area contributed by atoms with Crippen LogP contribution in [0.25, 0.3) is 0 Å². The molecule has 1 aliphatic heterocycles. The van der Waals surface area contributed by atoms with Crippen molar-refractivity contribution in [3.05, 3.63) is 59.5 Å². The van der Waals surface area contributed by atoms with Crippen molar-refractivity contribution >= 4 is 5.97 Å². The van der Waals surface area contributed by atoms with Crippen LogP contribution in [0.4, 0.5) is 0 Å². The molecule has 2 aromatic rings. The normalized spacial score (nSPS) is 23.8. The number of hydrogen-bond donors (Lipinski definition) is 2. The van der Waals surface area contributed by atoms with Crippen LogP contribution in [0.3, 0.4) is 0 Å². The van der Waals surface area contributed by atoms with E-state index in [4.69, 9.17) is 4.42 Å². The Morgan fingerprint density at radius 3 is 2.62 bits per heavy atom. The third kappa shape index (κ3) is 4.00. The molecule has 0 radical (unpaired) electrons. The van der Waals surface area contributed by atoms with Gasteiger partial charge in [0.1, 0.15) is 16.9 Å². The summed E-state index contributed by atoms with van der Waals surface area (Å²) in [6.45, 7) is 3.67. The van der Waals surface area contributed by atoms with E-state index in [1.54, 1.807) is 0 Å². The number of benzene rings is 1. The van der Waals surface area contributed by atoms with Crippen LogP contribution in [0.1, 0.15) is 36.8 Å². The van der Waals surface area contributed by atoms with Gasteiger partial charge >= 0.3 is 5.97 Å². The second-order valence-electron chi connectivity index (χ2n) is 7.24. The van der Waals surface area contributed by atoms with Gasteiger partial charge in [-0.2, -0.15) is 0 Å². The van der Waals surface area contributed by atoms with E-state index in [1.807, 2.05) is 42.5 Å². The predicted octanol–water partition coefficient (Wildman–Crippen LogP) is 3.11. The SMILES string of the molecule is CCCc1ccc(CN2CC[C@](Cc3ccccc3)(C(=O)O)[C@H](O)C2)o1. The van der Waals surface area contributed by atoms with Gasteiger partial charge in [-0.25, -0.2) is 0 Å². The summed E-state index contributed by atoms with van der Waals surface area (Å²) in [7, 11) is 0. The van der Waals surface area contributed by atoms with Gasteiger partial charge in [0.15, 0.2) is 0 Å². The van der Waals surface area contributed by atoms with Crippen LogP contribution in [0.2, 0.25) is 0 Å². The molecule has 140 valence electrons. The summed E-state index contributed by atoms with van der Waals surface area (Å²) in [5, 5.41) is 20.6. The number of aliphatic hydroxyl groups excluding tert-OH is 1. The van der Waals surface area contributed by atoms with Crippen LogP contribution < -0.4 is 0 Å². The number of carboxylic acid groups (broad SMARTS) is 1. The maximum Gasteiger partial charge on any atom is 0.312 e. The van der Waals surface area contributed by atoms with Gasteiger partial charge < -0.3 is 14.6 Å². The fourth-order valence-corrected chi connectivity index (χ4v) is 3.78. The molecule has 0 bridgehead atoms. The minimum Gasteiger partial charge on any atom is -0.481 e. The molecule has 5 nitrogen and oxygen atoms in total. The number of nitrogens with zero attached hydrogens (tertiary/aromatic N) is 1. The summed E-state index contributed by atoms with van der Waals surface area (Å²) >= 11 is 0. The zero-order chi connectivity index (χ0) is 18.6. The van der Waals surface area contributed by atoms with Gasteiger partial charge in [0, 0.05) is 13.0 Å². The molecule has 0 amide bonds. The standard InChI is InChI=1S/C21H27NO4/c1-2-6-17-9-10-18(26-17)14-22-12-11-21(20(24)25,19(23)15-22)13-16-7-4-3-5-8-16/h3-5,7-10,19,23H,2,6,11-15H2,1H3,(H,24,25)/t19-,21-/m1/s1. The number of aryl methyl sites for hydroxylation is 1. The third-order valence-corrected chi connectivity index (χ3v) is 5.32. The van der Waals surface area contributed by atoms with E-state index in [2.05, 4.69) is 11.8 Å². The Balaban J connectivity index is 1.67. The summed E-state index contributed by atoms with van der Waals surface area (Å²) in [5.41, 5.74) is -0.188. The molecule has 0 spiro atoms. The van der Waals surface area contributed by atoms with Crippen molar-refractivity contribution in [3.63, 3.8) is 0 Å². The topological polar surface area (TPSA) is 73.9 Å². The lowest BCUT2D eigenvalue weighted by molar-refractivity contribution is -0.163. The molecule has 3 rings (SSSR count). The van der Waals surface area contributed by atoms with Gasteiger partial charge in [-0.05, 0) is 43.5 Å². The van der Waals surface area contributed by atoms with Crippen molar-refractivity contribution in [1.82, 2.24) is 4.90 Å². The summed E-state index contributed by atoms with van der Waals surface area (Å²) in [4.78, 5) is 14.1. The zero-order valence-electron chi connectivity index (χ0n) is 15.2. The number of rotatable bonds is 7. The van der Waals surface area contributed by atoms with E-state index in [0.717, 1.165) is 29.9 Å². The highest BCUT2D eigenvalue weighted by Crippen LogP contribution is 2.36. The number of aliphatic hydroxyl groups is 1. The summed E-state index contributed by atoms with van der Waals surface area (Å²) in [6.07, 6.45) is 1.80. The minimum atomic E-state index is -1.13. The third-order valence-electron chi connectivity index (χ3n) is 5.32. The highest BCUT2D eigenvalue weighted by Gasteiger charge is 2.48. The van der Waals surface area contributed by atoms with Crippen LogP contribution in [0.15, 0.2) is 46.9 Å². The number of hydrogen-bond acceptors (Lipinski definition) is 4. The van der Waals surface area contributed by atoms with Crippen LogP contribution >= 0.6 is 0 Å². The maximum atomic E-state index is 12.0. The zero-order valence-corrected chi connectivity index (χ0v) is 15.2. The van der Waals surface area contributed by atoms with Gasteiger partial charge in [-0.3, -0.25) is 9.69 Å². The number of aliphatic carboxylic acids is 1. The second kappa shape index (κ2) is 8.06. The van der Waals surface area contributed by atoms with Crippen LogP contribution in [0.5, 0.6) is 0 Å². The van der Waals surface area contributed by atoms with E-state index in [9.17, 15) is 15.0 Å². The van der Waals surface area contributed by atoms with E-state index >= 15 is 0 Å². The van der Waals surface area contributed by atoms with Crippen molar-refractivity contribution < 1.29 is 19.4 Å². The van der Waals surface area contributed by atoms with Crippen LogP contribution in [-0.2, 0) is 24.2 Å². The molecular weight excluding hydrogens is 330 g/mol. The van der Waals surface area contributed by atoms with Crippen molar-refractivity contribution in [3.8, 4) is 0 Å². The van der Waals surface area contributed by atoms with Gasteiger partial charge in [0.05, 0.1) is 12.6 Å². The molecule has 1 saturated heterocycles. The van der Waals surface area contributed by atoms with Crippen molar-refractivity contribution in [2.45, 2.75) is 45.3 Å². The molecular formula is C21H27NO4. The number of piperidine rings is 1. The minimum absolute atomic E-state index is 0.336. The first-order chi connectivity index (χ1) is 12.5. The molecule has 1 aromatic heterocycles. The monoisotopic (exact) mass is 357 g/mol. The highest BCUT2D eigenvalue weighted by atomic mass is 16.4. The number of furan rings is 1. The molecule has 1 aliphatic rings. The first-order valence-corrected chi connectivity index (χ1v) is 9.29. The average molecular weight is 357 g/mol. The lowest BCUT2D eigenvalue weighted by Crippen LogP contribution is -2.55. The van der Waals surface area contributed by atoms with Crippen molar-refractivity contribution in [1.29, 1.82) is 0 Å². The number of β-amino-alcohol motifs (C(OH)–C–C–N with tert-alkyl or cyclic N) is 1. The molecule has 0 aliphatic carbocycles. The van der Waals surface area contributed by atoms with Gasteiger partial charge in [-0.15, -0.1) is 0 Å². The lowest BCUT2D eigenvalue weighted by Gasteiger charge is -2.42. The molecule has 1 fully saturated rings. The predicted molar refractivity (Wildman–Crippen MR) is 98.8 cm³/mol. The highest BCUT2D eigenvalue weighted by molar-refractivity contribution is 5.76. The summed E-state index contributed by atoms with van der Waals surface area (Å²) in [5.74, 6) is 0.923. The number of carboxylic acids is 1. The van der Waals surface area contributed by atoms with Crippen molar-refractivity contribution in [2.75, 3.05) is 13.1 Å². The van der Waals surface area contributed by atoms with Crippen LogP contribution in [-0.4, -0.2) is 40.3 Å². The maximum absolute atomic E-state index is 12.0. The summed E-state index contributed by atoms with van der Waals surface area (Å²) in [6, 6.07) is 13.5. The average Bonchev–Trinajstić information content (AvgIpc) is 3.05. The molecule has 26 heavy (non-hydrogen) atoms. The van der Waals surface area contributed by atoms with Crippen LogP contribution in [0, 0.1) is 5.41 Å². The summed E-state index contributed by atoms with van der Waals surface area (Å²) < 4.78 is 5.82. The Morgan fingerprint density at radius 2 is 1.96 bits per heavy atom. The largest absolute Gasteiger partial charge is 0.481 e. The fraction of sp³-hybridized carbons (Fsp3) is 0.476. The van der Waals surface area contributed by atoms with Gasteiger partial charge in [0.25, 0.3) is 0 Å². The molecule has 2 atom stereocenters. The van der Waals surface area contributed by atoms with E-state index in [1.165, 1.54) is 0 Å². The number of carbonyl (C=O) groups is 1. The molecule has 2 N–H and O–H groups in total. The molecule has 2 heterocycles. The first kappa shape index (κ1) is 18.7. The van der Waals surface area contributed by atoms with Gasteiger partial charge in [0.2, 0.25) is 0 Å². The fourth-order valence-electron chi connectivity index (χ4n) is 3.78. The van der Waals surface area contributed by atoms with Crippen molar-refractivity contribution in [2.24, 2.45) is 5.41 Å². The number of likely N-dealkylation sites (tertiary alicyclic amines) is 1. The van der Waals surface area contributed by atoms with E-state index < -0.39 is 17.5 Å². The molecule has 0 saturated carbocycles. The Labute approximate surface area is 154 Å². The Hall–Kier alpha value is -2.11.